The van der Waals surface area contributed by atoms with E-state index in [1.54, 1.807) is 4.90 Å². The Morgan fingerprint density at radius 2 is 1.81 bits per heavy atom. The summed E-state index contributed by atoms with van der Waals surface area (Å²) in [5, 5.41) is 5.59. The van der Waals surface area contributed by atoms with Crippen LogP contribution in [0.15, 0.2) is 12.1 Å². The van der Waals surface area contributed by atoms with Gasteiger partial charge in [-0.25, -0.2) is 0 Å². The third kappa shape index (κ3) is 5.07. The average molecular weight is 359 g/mol. The summed E-state index contributed by atoms with van der Waals surface area (Å²) >= 11 is 0. The molecule has 6 heteroatoms. The number of piperidine rings is 1. The molecule has 1 atom stereocenters. The molecular weight excluding hydrogens is 330 g/mol. The van der Waals surface area contributed by atoms with Crippen LogP contribution in [0.1, 0.15) is 42.9 Å². The number of likely N-dealkylation sites (tertiary alicyclic amines) is 1. The molecule has 1 heterocycles. The summed E-state index contributed by atoms with van der Waals surface area (Å²) in [5.41, 5.74) is 3.95. The van der Waals surface area contributed by atoms with Crippen LogP contribution >= 0.6 is 0 Å². The van der Waals surface area contributed by atoms with Crippen molar-refractivity contribution in [2.24, 2.45) is 5.92 Å². The van der Waals surface area contributed by atoms with Gasteiger partial charge in [0.2, 0.25) is 17.7 Å². The van der Waals surface area contributed by atoms with E-state index < -0.39 is 0 Å². The summed E-state index contributed by atoms with van der Waals surface area (Å²) in [6.45, 7) is 8.84. The summed E-state index contributed by atoms with van der Waals surface area (Å²) in [6.07, 6.45) is 2.01. The van der Waals surface area contributed by atoms with Crippen molar-refractivity contribution in [3.8, 4) is 0 Å². The lowest BCUT2D eigenvalue weighted by atomic mass is 9.97. The number of rotatable bonds is 5. The Morgan fingerprint density at radius 1 is 1.15 bits per heavy atom. The standard InChI is InChI=1S/C20H29N3O3/c1-5-18(25)23-8-6-7-16(12-23)20(26)21-11-17(24)22-19-14(3)9-13(2)10-15(19)4/h9-10,16H,5-8,11-12H2,1-4H3,(H,21,26)(H,22,24). The fourth-order valence-corrected chi connectivity index (χ4v) is 3.51. The van der Waals surface area contributed by atoms with E-state index in [0.29, 0.717) is 19.5 Å². The normalized spacial score (nSPS) is 16.9. The van der Waals surface area contributed by atoms with E-state index in [1.165, 1.54) is 0 Å². The molecule has 0 spiro atoms. The molecule has 142 valence electrons. The van der Waals surface area contributed by atoms with Crippen LogP contribution in [0.25, 0.3) is 0 Å². The van der Waals surface area contributed by atoms with Gasteiger partial charge in [-0.2, -0.15) is 0 Å². The molecular formula is C20H29N3O3. The molecule has 0 saturated carbocycles. The number of nitrogens with one attached hydrogen (secondary N) is 2. The number of anilines is 1. The number of nitrogens with zero attached hydrogens (tertiary/aromatic N) is 1. The topological polar surface area (TPSA) is 78.5 Å². The first-order valence-corrected chi connectivity index (χ1v) is 9.25. The highest BCUT2D eigenvalue weighted by molar-refractivity contribution is 5.96. The summed E-state index contributed by atoms with van der Waals surface area (Å²) in [5.74, 6) is -0.572. The summed E-state index contributed by atoms with van der Waals surface area (Å²) < 4.78 is 0. The number of hydrogen-bond acceptors (Lipinski definition) is 3. The lowest BCUT2D eigenvalue weighted by Crippen LogP contribution is -2.46. The quantitative estimate of drug-likeness (QED) is 0.847. The highest BCUT2D eigenvalue weighted by Gasteiger charge is 2.27. The van der Waals surface area contributed by atoms with Crippen LogP contribution in [-0.2, 0) is 14.4 Å². The Bertz CT molecular complexity index is 677. The van der Waals surface area contributed by atoms with E-state index in [0.717, 1.165) is 35.2 Å². The zero-order valence-corrected chi connectivity index (χ0v) is 16.1. The minimum atomic E-state index is -0.245. The minimum absolute atomic E-state index is 0.0657. The summed E-state index contributed by atoms with van der Waals surface area (Å²) in [6, 6.07) is 4.03. The van der Waals surface area contributed by atoms with E-state index in [9.17, 15) is 14.4 Å². The SMILES string of the molecule is CCC(=O)N1CCCC(C(=O)NCC(=O)Nc2c(C)cc(C)cc2C)C1. The van der Waals surface area contributed by atoms with E-state index in [1.807, 2.05) is 39.8 Å². The highest BCUT2D eigenvalue weighted by atomic mass is 16.2. The maximum absolute atomic E-state index is 12.4. The average Bonchev–Trinajstić information content (AvgIpc) is 2.62. The Balaban J connectivity index is 1.87. The Kier molecular flexibility index (Phi) is 6.77. The first-order chi connectivity index (χ1) is 12.3. The van der Waals surface area contributed by atoms with Gasteiger partial charge in [-0.15, -0.1) is 0 Å². The van der Waals surface area contributed by atoms with Crippen molar-refractivity contribution in [3.63, 3.8) is 0 Å². The van der Waals surface area contributed by atoms with Crippen molar-refractivity contribution in [2.45, 2.75) is 47.0 Å². The fraction of sp³-hybridized carbons (Fsp3) is 0.550. The van der Waals surface area contributed by atoms with Gasteiger partial charge in [0.05, 0.1) is 12.5 Å². The van der Waals surface area contributed by atoms with E-state index in [4.69, 9.17) is 0 Å². The van der Waals surface area contributed by atoms with Crippen LogP contribution in [0.5, 0.6) is 0 Å². The van der Waals surface area contributed by atoms with E-state index in [2.05, 4.69) is 10.6 Å². The predicted molar refractivity (Wildman–Crippen MR) is 102 cm³/mol. The third-order valence-corrected chi connectivity index (χ3v) is 4.81. The molecule has 0 bridgehead atoms. The first-order valence-electron chi connectivity index (χ1n) is 9.25. The maximum Gasteiger partial charge on any atom is 0.243 e. The van der Waals surface area contributed by atoms with Gasteiger partial charge in [0.25, 0.3) is 0 Å². The van der Waals surface area contributed by atoms with Gasteiger partial charge in [0, 0.05) is 25.2 Å². The molecule has 1 unspecified atom stereocenters. The van der Waals surface area contributed by atoms with Gasteiger partial charge < -0.3 is 15.5 Å². The van der Waals surface area contributed by atoms with Crippen molar-refractivity contribution in [3.05, 3.63) is 28.8 Å². The van der Waals surface area contributed by atoms with Gasteiger partial charge in [-0.05, 0) is 44.7 Å². The van der Waals surface area contributed by atoms with Crippen molar-refractivity contribution in [1.29, 1.82) is 0 Å². The monoisotopic (exact) mass is 359 g/mol. The second-order valence-corrected chi connectivity index (χ2v) is 7.07. The molecule has 1 aliphatic rings. The molecule has 1 aromatic carbocycles. The molecule has 0 aliphatic carbocycles. The van der Waals surface area contributed by atoms with Crippen molar-refractivity contribution < 1.29 is 14.4 Å². The Hall–Kier alpha value is -2.37. The molecule has 2 N–H and O–H groups in total. The minimum Gasteiger partial charge on any atom is -0.347 e. The number of carbonyl (C=O) groups excluding carboxylic acids is 3. The number of amides is 3. The smallest absolute Gasteiger partial charge is 0.243 e. The van der Waals surface area contributed by atoms with Gasteiger partial charge in [0.1, 0.15) is 0 Å². The van der Waals surface area contributed by atoms with Gasteiger partial charge in [-0.3, -0.25) is 14.4 Å². The first kappa shape index (κ1) is 19.9. The molecule has 1 saturated heterocycles. The summed E-state index contributed by atoms with van der Waals surface area (Å²) in [4.78, 5) is 38.1. The van der Waals surface area contributed by atoms with Crippen LogP contribution in [0.4, 0.5) is 5.69 Å². The number of hydrogen-bond donors (Lipinski definition) is 2. The number of aryl methyl sites for hydroxylation is 3. The molecule has 1 aliphatic heterocycles. The molecule has 6 nitrogen and oxygen atoms in total. The number of benzene rings is 1. The Labute approximate surface area is 155 Å². The van der Waals surface area contributed by atoms with Crippen molar-refractivity contribution in [1.82, 2.24) is 10.2 Å². The summed E-state index contributed by atoms with van der Waals surface area (Å²) in [7, 11) is 0. The van der Waals surface area contributed by atoms with Gasteiger partial charge in [0.15, 0.2) is 0 Å². The van der Waals surface area contributed by atoms with Crippen molar-refractivity contribution in [2.75, 3.05) is 25.0 Å². The lowest BCUT2D eigenvalue weighted by Gasteiger charge is -2.31. The van der Waals surface area contributed by atoms with Gasteiger partial charge >= 0.3 is 0 Å². The number of carbonyl (C=O) groups is 3. The van der Waals surface area contributed by atoms with Crippen LogP contribution in [0.2, 0.25) is 0 Å². The van der Waals surface area contributed by atoms with Gasteiger partial charge in [-0.1, -0.05) is 24.6 Å². The highest BCUT2D eigenvalue weighted by Crippen LogP contribution is 2.22. The van der Waals surface area contributed by atoms with E-state index in [-0.39, 0.29) is 30.2 Å². The predicted octanol–water partition coefficient (Wildman–Crippen LogP) is 2.32. The fourth-order valence-electron chi connectivity index (χ4n) is 3.51. The van der Waals surface area contributed by atoms with Crippen molar-refractivity contribution >= 4 is 23.4 Å². The maximum atomic E-state index is 12.4. The van der Waals surface area contributed by atoms with Crippen LogP contribution in [0.3, 0.4) is 0 Å². The largest absolute Gasteiger partial charge is 0.347 e. The lowest BCUT2D eigenvalue weighted by molar-refractivity contribution is -0.136. The molecule has 1 fully saturated rings. The molecule has 0 aromatic heterocycles. The Morgan fingerprint density at radius 3 is 2.42 bits per heavy atom. The van der Waals surface area contributed by atoms with E-state index >= 15 is 0 Å². The zero-order valence-electron chi connectivity index (χ0n) is 16.1. The third-order valence-electron chi connectivity index (χ3n) is 4.81. The van der Waals surface area contributed by atoms with Crippen LogP contribution < -0.4 is 10.6 Å². The second-order valence-electron chi connectivity index (χ2n) is 7.07. The zero-order chi connectivity index (χ0) is 19.3. The molecule has 3 amide bonds. The molecule has 26 heavy (non-hydrogen) atoms. The molecule has 2 rings (SSSR count). The van der Waals surface area contributed by atoms with Crippen LogP contribution in [0, 0.1) is 26.7 Å². The molecule has 0 radical (unpaired) electrons. The second kappa shape index (κ2) is 8.83. The molecule has 1 aromatic rings. The van der Waals surface area contributed by atoms with Crippen LogP contribution in [-0.4, -0.2) is 42.3 Å².